The van der Waals surface area contributed by atoms with Gasteiger partial charge in [-0.25, -0.2) is 0 Å². The van der Waals surface area contributed by atoms with Gasteiger partial charge >= 0.3 is 0 Å². The van der Waals surface area contributed by atoms with Crippen molar-refractivity contribution in [3.8, 4) is 11.5 Å². The molecule has 1 N–H and O–H groups in total. The highest BCUT2D eigenvalue weighted by Gasteiger charge is 2.53. The van der Waals surface area contributed by atoms with Gasteiger partial charge in [0.1, 0.15) is 11.8 Å². The molecule has 1 atom stereocenters. The van der Waals surface area contributed by atoms with Crippen molar-refractivity contribution in [2.24, 2.45) is 0 Å². The van der Waals surface area contributed by atoms with E-state index in [0.29, 0.717) is 23.6 Å². The van der Waals surface area contributed by atoms with E-state index in [2.05, 4.69) is 5.32 Å². The molecule has 0 aromatic heterocycles. The number of rotatable bonds is 4. The quantitative estimate of drug-likeness (QED) is 0.793. The maximum Gasteiger partial charge on any atom is 0.257 e. The molecule has 3 aliphatic rings. The number of fused-ring (bicyclic) bond motifs is 1. The van der Waals surface area contributed by atoms with Crippen molar-refractivity contribution in [3.63, 3.8) is 0 Å². The fraction of sp³-hybridized carbons (Fsp3) is 0.440. The van der Waals surface area contributed by atoms with E-state index >= 15 is 0 Å². The maximum atomic E-state index is 13.7. The number of ether oxygens (including phenoxy) is 3. The first-order chi connectivity index (χ1) is 15.6. The first-order valence-corrected chi connectivity index (χ1v) is 11.3. The van der Waals surface area contributed by atoms with Crippen molar-refractivity contribution in [1.82, 2.24) is 10.2 Å². The zero-order valence-corrected chi connectivity index (χ0v) is 18.3. The Morgan fingerprint density at radius 2 is 1.84 bits per heavy atom. The zero-order chi connectivity index (χ0) is 22.1. The van der Waals surface area contributed by atoms with Crippen molar-refractivity contribution in [2.45, 2.75) is 57.3 Å². The van der Waals surface area contributed by atoms with Gasteiger partial charge in [0.2, 0.25) is 12.7 Å². The van der Waals surface area contributed by atoms with Gasteiger partial charge in [0.25, 0.3) is 5.91 Å². The van der Waals surface area contributed by atoms with Crippen LogP contribution in [-0.4, -0.2) is 41.9 Å². The third-order valence-electron chi connectivity index (χ3n) is 6.70. The van der Waals surface area contributed by atoms with Crippen LogP contribution < -0.4 is 14.8 Å². The van der Waals surface area contributed by atoms with Gasteiger partial charge in [-0.2, -0.15) is 0 Å². The molecule has 7 nitrogen and oxygen atoms in total. The topological polar surface area (TPSA) is 77.1 Å². The molecule has 0 bridgehead atoms. The van der Waals surface area contributed by atoms with Crippen LogP contribution in [0.2, 0.25) is 0 Å². The van der Waals surface area contributed by atoms with E-state index in [1.807, 2.05) is 49.4 Å². The summed E-state index contributed by atoms with van der Waals surface area (Å²) in [6.45, 7) is 2.69. The van der Waals surface area contributed by atoms with Gasteiger partial charge in [0.05, 0.1) is 6.61 Å². The summed E-state index contributed by atoms with van der Waals surface area (Å²) >= 11 is 0. The fourth-order valence-electron chi connectivity index (χ4n) is 4.97. The number of amides is 2. The molecule has 2 aromatic carbocycles. The minimum absolute atomic E-state index is 0.134. The molecule has 1 spiro atoms. The minimum atomic E-state index is -0.696. The molecular weight excluding hydrogens is 408 g/mol. The molecule has 168 valence electrons. The summed E-state index contributed by atoms with van der Waals surface area (Å²) in [5, 5.41) is 3.00. The van der Waals surface area contributed by atoms with Crippen molar-refractivity contribution in [3.05, 3.63) is 59.2 Å². The van der Waals surface area contributed by atoms with Crippen molar-refractivity contribution in [2.75, 3.05) is 13.4 Å². The first kappa shape index (κ1) is 20.8. The van der Waals surface area contributed by atoms with E-state index < -0.39 is 11.8 Å². The summed E-state index contributed by atoms with van der Waals surface area (Å²) in [6, 6.07) is 12.5. The number of nitrogens with zero attached hydrogens (tertiary/aromatic N) is 1. The lowest BCUT2D eigenvalue weighted by atomic mass is 9.89. The van der Waals surface area contributed by atoms with Crippen LogP contribution in [0.5, 0.6) is 11.5 Å². The lowest BCUT2D eigenvalue weighted by Gasteiger charge is -2.41. The molecule has 2 amide bonds. The molecule has 1 saturated carbocycles. The second-order valence-electron chi connectivity index (χ2n) is 8.73. The van der Waals surface area contributed by atoms with Crippen LogP contribution in [0.15, 0.2) is 42.5 Å². The standard InChI is InChI=1S/C25H28N2O5/c1-17-7-3-4-8-19(17)24(29)27-20(15-32-25(27)11-5-2-6-12-25)23(28)26-14-18-9-10-21-22(13-18)31-16-30-21/h3-4,7-10,13,20H,2,5-6,11-12,14-16H2,1H3,(H,26,28). The summed E-state index contributed by atoms with van der Waals surface area (Å²) < 4.78 is 17.0. The number of nitrogens with one attached hydrogen (secondary N) is 1. The molecule has 5 rings (SSSR count). The molecule has 2 aromatic rings. The van der Waals surface area contributed by atoms with Crippen LogP contribution in [0.25, 0.3) is 0 Å². The van der Waals surface area contributed by atoms with E-state index in [4.69, 9.17) is 14.2 Å². The van der Waals surface area contributed by atoms with Crippen molar-refractivity contribution in [1.29, 1.82) is 0 Å². The van der Waals surface area contributed by atoms with Crippen LogP contribution in [-0.2, 0) is 16.1 Å². The highest BCUT2D eigenvalue weighted by molar-refractivity contribution is 5.99. The molecule has 32 heavy (non-hydrogen) atoms. The molecule has 2 aliphatic heterocycles. The van der Waals surface area contributed by atoms with E-state index in [-0.39, 0.29) is 25.2 Å². The second-order valence-corrected chi connectivity index (χ2v) is 8.73. The van der Waals surface area contributed by atoms with Crippen LogP contribution in [0, 0.1) is 6.92 Å². The van der Waals surface area contributed by atoms with E-state index in [0.717, 1.165) is 43.2 Å². The molecule has 2 heterocycles. The number of benzene rings is 2. The molecule has 1 saturated heterocycles. The van der Waals surface area contributed by atoms with Crippen LogP contribution >= 0.6 is 0 Å². The number of carbonyl (C=O) groups is 2. The Kier molecular flexibility index (Phi) is 5.51. The number of carbonyl (C=O) groups excluding carboxylic acids is 2. The van der Waals surface area contributed by atoms with Gasteiger partial charge < -0.3 is 19.5 Å². The lowest BCUT2D eigenvalue weighted by Crippen LogP contribution is -2.56. The molecule has 1 unspecified atom stereocenters. The molecule has 1 aliphatic carbocycles. The van der Waals surface area contributed by atoms with E-state index in [1.165, 1.54) is 0 Å². The monoisotopic (exact) mass is 436 g/mol. The average molecular weight is 437 g/mol. The Balaban J connectivity index is 1.37. The highest BCUT2D eigenvalue weighted by Crippen LogP contribution is 2.41. The summed E-state index contributed by atoms with van der Waals surface area (Å²) in [6.07, 6.45) is 4.62. The molecule has 7 heteroatoms. The summed E-state index contributed by atoms with van der Waals surface area (Å²) in [4.78, 5) is 28.7. The Morgan fingerprint density at radius 1 is 1.06 bits per heavy atom. The summed E-state index contributed by atoms with van der Waals surface area (Å²) in [5.74, 6) is 1.05. The Hall–Kier alpha value is -3.06. The molecular formula is C25H28N2O5. The molecule has 2 fully saturated rings. The lowest BCUT2D eigenvalue weighted by molar-refractivity contribution is -0.127. The second kappa shape index (κ2) is 8.47. The Morgan fingerprint density at radius 3 is 2.66 bits per heavy atom. The van der Waals surface area contributed by atoms with Gasteiger partial charge in [-0.1, -0.05) is 30.7 Å². The SMILES string of the molecule is Cc1ccccc1C(=O)N1C(C(=O)NCc2ccc3c(c2)OCO3)COC12CCCCC2. The van der Waals surface area contributed by atoms with Crippen molar-refractivity contribution < 1.29 is 23.8 Å². The van der Waals surface area contributed by atoms with Gasteiger partial charge in [0.15, 0.2) is 11.5 Å². The smallest absolute Gasteiger partial charge is 0.257 e. The largest absolute Gasteiger partial charge is 0.454 e. The first-order valence-electron chi connectivity index (χ1n) is 11.3. The summed E-state index contributed by atoms with van der Waals surface area (Å²) in [7, 11) is 0. The van der Waals surface area contributed by atoms with Gasteiger partial charge in [-0.05, 0) is 61.9 Å². The number of aryl methyl sites for hydroxylation is 1. The van der Waals surface area contributed by atoms with Crippen LogP contribution in [0.3, 0.4) is 0 Å². The highest BCUT2D eigenvalue weighted by atomic mass is 16.7. The van der Waals surface area contributed by atoms with Crippen LogP contribution in [0.4, 0.5) is 0 Å². The summed E-state index contributed by atoms with van der Waals surface area (Å²) in [5.41, 5.74) is 1.73. The van der Waals surface area contributed by atoms with Gasteiger partial charge in [0, 0.05) is 12.1 Å². The minimum Gasteiger partial charge on any atom is -0.454 e. The fourth-order valence-corrected chi connectivity index (χ4v) is 4.97. The van der Waals surface area contributed by atoms with Crippen molar-refractivity contribution >= 4 is 11.8 Å². The third-order valence-corrected chi connectivity index (χ3v) is 6.70. The van der Waals surface area contributed by atoms with Gasteiger partial charge in [-0.15, -0.1) is 0 Å². The number of hydrogen-bond donors (Lipinski definition) is 1. The Bertz CT molecular complexity index is 1030. The third kappa shape index (κ3) is 3.71. The molecule has 0 radical (unpaired) electrons. The number of hydrogen-bond acceptors (Lipinski definition) is 5. The van der Waals surface area contributed by atoms with E-state index in [1.54, 1.807) is 4.90 Å². The van der Waals surface area contributed by atoms with Gasteiger partial charge in [-0.3, -0.25) is 14.5 Å². The van der Waals surface area contributed by atoms with Crippen LogP contribution in [0.1, 0.15) is 53.6 Å². The predicted octanol–water partition coefficient (Wildman–Crippen LogP) is 3.54. The predicted molar refractivity (Wildman–Crippen MR) is 117 cm³/mol. The average Bonchev–Trinajstić information content (AvgIpc) is 3.42. The Labute approximate surface area is 187 Å². The maximum absolute atomic E-state index is 13.7. The normalized spacial score (nSPS) is 21.0. The zero-order valence-electron chi connectivity index (χ0n) is 18.3. The van der Waals surface area contributed by atoms with E-state index in [9.17, 15) is 9.59 Å².